The van der Waals surface area contributed by atoms with Gasteiger partial charge in [-0.15, -0.1) is 0 Å². The quantitative estimate of drug-likeness (QED) is 0.622. The van der Waals surface area contributed by atoms with Gasteiger partial charge in [0, 0.05) is 5.92 Å². The zero-order valence-electron chi connectivity index (χ0n) is 11.9. The van der Waals surface area contributed by atoms with Gasteiger partial charge in [0.15, 0.2) is 0 Å². The second kappa shape index (κ2) is 7.30. The van der Waals surface area contributed by atoms with E-state index in [4.69, 9.17) is 0 Å². The zero-order chi connectivity index (χ0) is 14.2. The van der Waals surface area contributed by atoms with Crippen LogP contribution in [0, 0.1) is 0 Å². The van der Waals surface area contributed by atoms with Crippen molar-refractivity contribution in [1.82, 2.24) is 0 Å². The number of rotatable bonds is 5. The fraction of sp³-hybridized carbons (Fsp3) is 0.100. The Labute approximate surface area is 121 Å². The van der Waals surface area contributed by atoms with Gasteiger partial charge in [-0.3, -0.25) is 0 Å². The van der Waals surface area contributed by atoms with Crippen molar-refractivity contribution in [2.75, 3.05) is 0 Å². The lowest BCUT2D eigenvalue weighted by Crippen LogP contribution is -2.03. The maximum absolute atomic E-state index is 3.76. The van der Waals surface area contributed by atoms with Crippen LogP contribution >= 0.6 is 0 Å². The number of allylic oxidation sites excluding steroid dienone is 5. The van der Waals surface area contributed by atoms with Crippen molar-refractivity contribution in [2.45, 2.75) is 12.8 Å². The molecule has 0 aromatic heterocycles. The smallest absolute Gasteiger partial charge is 0.0336 e. The van der Waals surface area contributed by atoms with E-state index in [1.165, 1.54) is 16.7 Å². The molecule has 0 fully saturated rings. The van der Waals surface area contributed by atoms with Crippen molar-refractivity contribution >= 4 is 0 Å². The first kappa shape index (κ1) is 14.1. The first-order chi connectivity index (χ1) is 9.86. The molecule has 0 radical (unpaired) electrons. The first-order valence-electron chi connectivity index (χ1n) is 6.92. The molecule has 0 spiro atoms. The van der Waals surface area contributed by atoms with Crippen molar-refractivity contribution in [3.63, 3.8) is 0 Å². The SMILES string of the molecule is C=C/C=C\C(=C/C)C(c1ccccc1)c1ccccc1. The molecule has 0 unspecified atom stereocenters. The monoisotopic (exact) mass is 260 g/mol. The van der Waals surface area contributed by atoms with Crippen LogP contribution in [0.2, 0.25) is 0 Å². The summed E-state index contributed by atoms with van der Waals surface area (Å²) in [4.78, 5) is 0. The standard InChI is InChI=1S/C20H20/c1-3-5-12-17(4-2)20(18-13-8-6-9-14-18)19-15-10-7-11-16-19/h3-16,20H,1H2,2H3/b12-5-,17-4+. The van der Waals surface area contributed by atoms with Gasteiger partial charge in [0.1, 0.15) is 0 Å². The van der Waals surface area contributed by atoms with E-state index >= 15 is 0 Å². The van der Waals surface area contributed by atoms with Gasteiger partial charge in [0.25, 0.3) is 0 Å². The summed E-state index contributed by atoms with van der Waals surface area (Å²) in [6.45, 7) is 5.84. The third-order valence-corrected chi connectivity index (χ3v) is 3.36. The van der Waals surface area contributed by atoms with Crippen LogP contribution in [-0.2, 0) is 0 Å². The second-order valence-corrected chi connectivity index (χ2v) is 4.64. The highest BCUT2D eigenvalue weighted by atomic mass is 14.2. The molecule has 0 amide bonds. The topological polar surface area (TPSA) is 0 Å². The molecule has 0 heterocycles. The summed E-state index contributed by atoms with van der Waals surface area (Å²) in [6, 6.07) is 21.2. The minimum Gasteiger partial charge on any atom is -0.0991 e. The Morgan fingerprint density at radius 1 is 0.900 bits per heavy atom. The minimum atomic E-state index is 0.263. The molecule has 0 saturated carbocycles. The fourth-order valence-corrected chi connectivity index (χ4v) is 2.41. The Bertz CT molecular complexity index is 549. The molecular formula is C20H20. The Morgan fingerprint density at radius 3 is 1.80 bits per heavy atom. The van der Waals surface area contributed by atoms with E-state index in [1.54, 1.807) is 0 Å². The summed E-state index contributed by atoms with van der Waals surface area (Å²) >= 11 is 0. The average Bonchev–Trinajstić information content (AvgIpc) is 2.53. The second-order valence-electron chi connectivity index (χ2n) is 4.64. The van der Waals surface area contributed by atoms with Crippen molar-refractivity contribution in [3.05, 3.63) is 108 Å². The van der Waals surface area contributed by atoms with E-state index in [0.717, 1.165) is 0 Å². The number of hydrogen-bond acceptors (Lipinski definition) is 0. The number of hydrogen-bond donors (Lipinski definition) is 0. The van der Waals surface area contributed by atoms with Crippen LogP contribution in [-0.4, -0.2) is 0 Å². The molecule has 0 saturated heterocycles. The molecule has 2 aromatic rings. The van der Waals surface area contributed by atoms with Crippen LogP contribution in [0.15, 0.2) is 97.1 Å². The summed E-state index contributed by atoms with van der Waals surface area (Å²) in [7, 11) is 0. The molecule has 100 valence electrons. The van der Waals surface area contributed by atoms with Gasteiger partial charge in [0.05, 0.1) is 0 Å². The van der Waals surface area contributed by atoms with Gasteiger partial charge in [-0.2, -0.15) is 0 Å². The van der Waals surface area contributed by atoms with Crippen molar-refractivity contribution in [2.24, 2.45) is 0 Å². The molecule has 0 heteroatoms. The molecule has 0 aliphatic rings. The summed E-state index contributed by atoms with van der Waals surface area (Å²) in [6.07, 6.45) is 8.12. The molecule has 20 heavy (non-hydrogen) atoms. The fourth-order valence-electron chi connectivity index (χ4n) is 2.41. The van der Waals surface area contributed by atoms with Crippen LogP contribution in [0.1, 0.15) is 24.0 Å². The molecule has 0 nitrogen and oxygen atoms in total. The van der Waals surface area contributed by atoms with E-state index in [0.29, 0.717) is 0 Å². The molecule has 2 rings (SSSR count). The summed E-state index contributed by atoms with van der Waals surface area (Å²) in [5, 5.41) is 0. The molecule has 0 aliphatic carbocycles. The molecule has 0 N–H and O–H groups in total. The highest BCUT2D eigenvalue weighted by Crippen LogP contribution is 2.32. The minimum absolute atomic E-state index is 0.263. The largest absolute Gasteiger partial charge is 0.0991 e. The Balaban J connectivity index is 2.50. The van der Waals surface area contributed by atoms with Gasteiger partial charge < -0.3 is 0 Å². The maximum Gasteiger partial charge on any atom is 0.0336 e. The van der Waals surface area contributed by atoms with Crippen LogP contribution in [0.25, 0.3) is 0 Å². The average molecular weight is 260 g/mol. The molecule has 2 aromatic carbocycles. The van der Waals surface area contributed by atoms with Crippen LogP contribution in [0.3, 0.4) is 0 Å². The highest BCUT2D eigenvalue weighted by Gasteiger charge is 2.16. The molecular weight excluding hydrogens is 240 g/mol. The lowest BCUT2D eigenvalue weighted by molar-refractivity contribution is 0.973. The highest BCUT2D eigenvalue weighted by molar-refractivity contribution is 5.45. The summed E-state index contributed by atoms with van der Waals surface area (Å²) in [5.74, 6) is 0.263. The zero-order valence-corrected chi connectivity index (χ0v) is 11.9. The molecule has 0 bridgehead atoms. The van der Waals surface area contributed by atoms with Crippen LogP contribution in [0.5, 0.6) is 0 Å². The van der Waals surface area contributed by atoms with E-state index in [9.17, 15) is 0 Å². The normalized spacial score (nSPS) is 12.0. The van der Waals surface area contributed by atoms with Crippen molar-refractivity contribution < 1.29 is 0 Å². The van der Waals surface area contributed by atoms with Crippen LogP contribution in [0.4, 0.5) is 0 Å². The predicted molar refractivity (Wildman–Crippen MR) is 87.8 cm³/mol. The van der Waals surface area contributed by atoms with Gasteiger partial charge >= 0.3 is 0 Å². The summed E-state index contributed by atoms with van der Waals surface area (Å²) in [5.41, 5.74) is 3.89. The van der Waals surface area contributed by atoms with E-state index in [2.05, 4.69) is 86.3 Å². The molecule has 0 aliphatic heterocycles. The Morgan fingerprint density at radius 2 is 1.40 bits per heavy atom. The third kappa shape index (κ3) is 3.36. The van der Waals surface area contributed by atoms with E-state index in [-0.39, 0.29) is 5.92 Å². The van der Waals surface area contributed by atoms with Crippen molar-refractivity contribution in [1.29, 1.82) is 0 Å². The Hall–Kier alpha value is -2.34. The van der Waals surface area contributed by atoms with Gasteiger partial charge in [0.2, 0.25) is 0 Å². The Kier molecular flexibility index (Phi) is 5.14. The lowest BCUT2D eigenvalue weighted by Gasteiger charge is -2.19. The maximum atomic E-state index is 3.76. The number of benzene rings is 2. The van der Waals surface area contributed by atoms with Crippen molar-refractivity contribution in [3.8, 4) is 0 Å². The predicted octanol–water partition coefficient (Wildman–Crippen LogP) is 5.51. The van der Waals surface area contributed by atoms with E-state index in [1.807, 2.05) is 12.2 Å². The lowest BCUT2D eigenvalue weighted by atomic mass is 9.84. The van der Waals surface area contributed by atoms with E-state index < -0.39 is 0 Å². The van der Waals surface area contributed by atoms with Gasteiger partial charge in [-0.25, -0.2) is 0 Å². The first-order valence-corrected chi connectivity index (χ1v) is 6.92. The van der Waals surface area contributed by atoms with Gasteiger partial charge in [-0.1, -0.05) is 91.5 Å². The van der Waals surface area contributed by atoms with Crippen LogP contribution < -0.4 is 0 Å². The third-order valence-electron chi connectivity index (χ3n) is 3.36. The summed E-state index contributed by atoms with van der Waals surface area (Å²) < 4.78 is 0. The molecule has 0 atom stereocenters. The van der Waals surface area contributed by atoms with Gasteiger partial charge in [-0.05, 0) is 23.6 Å².